The molecular weight excluding hydrogens is 383 g/mol. The van der Waals surface area contributed by atoms with Gasteiger partial charge in [0.1, 0.15) is 5.75 Å². The van der Waals surface area contributed by atoms with Crippen molar-refractivity contribution in [2.75, 3.05) is 11.4 Å². The molecule has 1 aromatic heterocycles. The number of amides is 1. The molecule has 5 nitrogen and oxygen atoms in total. The second-order valence-corrected chi connectivity index (χ2v) is 8.59. The SMILES string of the molecule is CC(C)c1cc(C(=O)N2CCCc3cc(OC(F)(F)F)ccc32)nn1C(C)(C)C. The fraction of sp³-hybridized carbons (Fsp3) is 0.524. The number of aryl methyl sites for hydroxylation is 1. The zero-order chi connectivity index (χ0) is 21.6. The summed E-state index contributed by atoms with van der Waals surface area (Å²) in [5.74, 6) is -0.330. The van der Waals surface area contributed by atoms with E-state index >= 15 is 0 Å². The van der Waals surface area contributed by atoms with E-state index in [1.807, 2.05) is 45.4 Å². The maximum Gasteiger partial charge on any atom is 0.573 e. The summed E-state index contributed by atoms with van der Waals surface area (Å²) in [4.78, 5) is 14.8. The Bertz CT molecular complexity index is 911. The summed E-state index contributed by atoms with van der Waals surface area (Å²) >= 11 is 0. The third-order valence-corrected chi connectivity index (χ3v) is 4.83. The van der Waals surface area contributed by atoms with Crippen molar-refractivity contribution in [1.29, 1.82) is 0 Å². The Morgan fingerprint density at radius 1 is 1.17 bits per heavy atom. The molecule has 1 aliphatic heterocycles. The summed E-state index contributed by atoms with van der Waals surface area (Å²) in [6.45, 7) is 10.7. The van der Waals surface area contributed by atoms with Gasteiger partial charge in [-0.1, -0.05) is 13.8 Å². The highest BCUT2D eigenvalue weighted by molar-refractivity contribution is 6.05. The molecule has 1 amide bonds. The quantitative estimate of drug-likeness (QED) is 0.695. The van der Waals surface area contributed by atoms with E-state index in [-0.39, 0.29) is 23.1 Å². The molecule has 3 rings (SSSR count). The molecule has 0 fully saturated rings. The normalized spacial score (nSPS) is 14.9. The first-order valence-corrected chi connectivity index (χ1v) is 9.68. The number of nitrogens with zero attached hydrogens (tertiary/aromatic N) is 3. The molecule has 0 unspecified atom stereocenters. The van der Waals surface area contributed by atoms with Gasteiger partial charge < -0.3 is 9.64 Å². The van der Waals surface area contributed by atoms with Crippen LogP contribution < -0.4 is 9.64 Å². The fourth-order valence-electron chi connectivity index (χ4n) is 3.57. The molecule has 0 aliphatic carbocycles. The maximum absolute atomic E-state index is 13.2. The number of carbonyl (C=O) groups is 1. The van der Waals surface area contributed by atoms with Crippen LogP contribution in [0.15, 0.2) is 24.3 Å². The average molecular weight is 409 g/mol. The number of ether oxygens (including phenoxy) is 1. The van der Waals surface area contributed by atoms with E-state index in [0.29, 0.717) is 36.3 Å². The summed E-state index contributed by atoms with van der Waals surface area (Å²) in [5.41, 5.74) is 2.29. The zero-order valence-electron chi connectivity index (χ0n) is 17.3. The zero-order valence-corrected chi connectivity index (χ0v) is 17.3. The lowest BCUT2D eigenvalue weighted by Crippen LogP contribution is -2.36. The standard InChI is InChI=1S/C21H26F3N3O2/c1-13(2)18-12-16(25-27(18)20(3,4)5)19(28)26-10-6-7-14-11-15(8-9-17(14)26)29-21(22,23)24/h8-9,11-13H,6-7,10H2,1-5H3. The van der Waals surface area contributed by atoms with Crippen molar-refractivity contribution in [2.24, 2.45) is 0 Å². The Hall–Kier alpha value is -2.51. The van der Waals surface area contributed by atoms with Crippen molar-refractivity contribution in [3.05, 3.63) is 41.2 Å². The molecule has 2 aromatic rings. The molecular formula is C21H26F3N3O2. The number of halogens is 3. The summed E-state index contributed by atoms with van der Waals surface area (Å²) in [7, 11) is 0. The van der Waals surface area contributed by atoms with E-state index in [9.17, 15) is 18.0 Å². The molecule has 0 bridgehead atoms. The molecule has 1 aliphatic rings. The van der Waals surface area contributed by atoms with E-state index < -0.39 is 6.36 Å². The van der Waals surface area contributed by atoms with E-state index in [1.54, 1.807) is 4.90 Å². The van der Waals surface area contributed by atoms with E-state index in [0.717, 1.165) is 5.69 Å². The predicted octanol–water partition coefficient (Wildman–Crippen LogP) is 5.25. The number of hydrogen-bond donors (Lipinski definition) is 0. The summed E-state index contributed by atoms with van der Waals surface area (Å²) in [6, 6.07) is 5.92. The number of carbonyl (C=O) groups excluding carboxylic acids is 1. The maximum atomic E-state index is 13.2. The monoisotopic (exact) mass is 409 g/mol. The molecule has 29 heavy (non-hydrogen) atoms. The molecule has 1 aromatic carbocycles. The van der Waals surface area contributed by atoms with Gasteiger partial charge in [0.2, 0.25) is 0 Å². The molecule has 0 atom stereocenters. The van der Waals surface area contributed by atoms with Crippen LogP contribution in [-0.4, -0.2) is 28.6 Å². The average Bonchev–Trinajstić information content (AvgIpc) is 3.05. The Morgan fingerprint density at radius 2 is 1.86 bits per heavy atom. The van der Waals surface area contributed by atoms with Crippen LogP contribution in [0.1, 0.15) is 68.7 Å². The van der Waals surface area contributed by atoms with Gasteiger partial charge in [-0.15, -0.1) is 13.2 Å². The summed E-state index contributed by atoms with van der Waals surface area (Å²) in [6.07, 6.45) is -3.50. The number of rotatable bonds is 3. The number of hydrogen-bond acceptors (Lipinski definition) is 3. The van der Waals surface area contributed by atoms with Crippen LogP contribution in [0.5, 0.6) is 5.75 Å². The highest BCUT2D eigenvalue weighted by Crippen LogP contribution is 2.34. The molecule has 0 radical (unpaired) electrons. The lowest BCUT2D eigenvalue weighted by atomic mass is 10.0. The number of benzene rings is 1. The molecule has 158 valence electrons. The summed E-state index contributed by atoms with van der Waals surface area (Å²) in [5, 5.41) is 4.57. The van der Waals surface area contributed by atoms with Crippen LogP contribution >= 0.6 is 0 Å². The molecule has 0 saturated carbocycles. The largest absolute Gasteiger partial charge is 0.573 e. The van der Waals surface area contributed by atoms with Crippen LogP contribution in [0.2, 0.25) is 0 Å². The summed E-state index contributed by atoms with van der Waals surface area (Å²) < 4.78 is 43.4. The van der Waals surface area contributed by atoms with E-state index in [2.05, 4.69) is 9.84 Å². The van der Waals surface area contributed by atoms with Crippen molar-refractivity contribution >= 4 is 11.6 Å². The van der Waals surface area contributed by atoms with Gasteiger partial charge in [0.15, 0.2) is 5.69 Å². The highest BCUT2D eigenvalue weighted by atomic mass is 19.4. The smallest absolute Gasteiger partial charge is 0.406 e. The van der Waals surface area contributed by atoms with E-state index in [1.165, 1.54) is 18.2 Å². The molecule has 8 heteroatoms. The Morgan fingerprint density at radius 3 is 2.41 bits per heavy atom. The van der Waals surface area contributed by atoms with Gasteiger partial charge in [-0.3, -0.25) is 9.48 Å². The number of fused-ring (bicyclic) bond motifs is 1. The second kappa shape index (κ2) is 7.39. The van der Waals surface area contributed by atoms with Crippen LogP contribution in [0.4, 0.5) is 18.9 Å². The molecule has 0 spiro atoms. The highest BCUT2D eigenvalue weighted by Gasteiger charge is 2.33. The molecule has 0 saturated heterocycles. The van der Waals surface area contributed by atoms with Crippen LogP contribution in [0, 0.1) is 0 Å². The third-order valence-electron chi connectivity index (χ3n) is 4.83. The van der Waals surface area contributed by atoms with Crippen molar-refractivity contribution in [1.82, 2.24) is 9.78 Å². The number of aromatic nitrogens is 2. The Labute approximate surface area is 168 Å². The second-order valence-electron chi connectivity index (χ2n) is 8.59. The first-order chi connectivity index (χ1) is 13.4. The van der Waals surface area contributed by atoms with Crippen LogP contribution in [0.25, 0.3) is 0 Å². The lowest BCUT2D eigenvalue weighted by Gasteiger charge is -2.29. The number of alkyl halides is 3. The number of anilines is 1. The van der Waals surface area contributed by atoms with Crippen molar-refractivity contribution in [2.45, 2.75) is 65.3 Å². The van der Waals surface area contributed by atoms with Gasteiger partial charge in [0.25, 0.3) is 5.91 Å². The topological polar surface area (TPSA) is 47.4 Å². The first-order valence-electron chi connectivity index (χ1n) is 9.68. The molecule has 0 N–H and O–H groups in total. The minimum absolute atomic E-state index is 0.194. The lowest BCUT2D eigenvalue weighted by molar-refractivity contribution is -0.274. The van der Waals surface area contributed by atoms with Crippen molar-refractivity contribution in [3.8, 4) is 5.75 Å². The third kappa shape index (κ3) is 4.57. The van der Waals surface area contributed by atoms with Gasteiger partial charge in [-0.25, -0.2) is 0 Å². The Kier molecular flexibility index (Phi) is 5.40. The van der Waals surface area contributed by atoms with Gasteiger partial charge in [-0.05, 0) is 69.4 Å². The van der Waals surface area contributed by atoms with Gasteiger partial charge in [0, 0.05) is 17.9 Å². The Balaban J connectivity index is 1.94. The van der Waals surface area contributed by atoms with Gasteiger partial charge >= 0.3 is 6.36 Å². The molecule has 2 heterocycles. The van der Waals surface area contributed by atoms with Crippen LogP contribution in [-0.2, 0) is 12.0 Å². The van der Waals surface area contributed by atoms with Crippen molar-refractivity contribution in [3.63, 3.8) is 0 Å². The minimum Gasteiger partial charge on any atom is -0.406 e. The van der Waals surface area contributed by atoms with Gasteiger partial charge in [0.05, 0.1) is 5.54 Å². The van der Waals surface area contributed by atoms with E-state index in [4.69, 9.17) is 0 Å². The van der Waals surface area contributed by atoms with Gasteiger partial charge in [-0.2, -0.15) is 5.10 Å². The van der Waals surface area contributed by atoms with Crippen LogP contribution in [0.3, 0.4) is 0 Å². The first kappa shape index (κ1) is 21.2. The van der Waals surface area contributed by atoms with Crippen molar-refractivity contribution < 1.29 is 22.7 Å². The fourth-order valence-corrected chi connectivity index (χ4v) is 3.57. The minimum atomic E-state index is -4.74. The predicted molar refractivity (Wildman–Crippen MR) is 104 cm³/mol.